The standard InChI is InChI=1S/C21H22N2O2/c1-3-16-5-4-6-19(13-16)22-21(25)17-7-9-20(10-8-17)23-12-11-18(14-23)15(2)24/h1,4-10,13,15,18,24H,11-12,14H2,2H3,(H,22,25). The first kappa shape index (κ1) is 17.1. The molecule has 0 bridgehead atoms. The van der Waals surface area contributed by atoms with Crippen LogP contribution in [0.5, 0.6) is 0 Å². The van der Waals surface area contributed by atoms with Gasteiger partial charge >= 0.3 is 0 Å². The Labute approximate surface area is 148 Å². The summed E-state index contributed by atoms with van der Waals surface area (Å²) in [6, 6.07) is 14.8. The van der Waals surface area contributed by atoms with Gasteiger partial charge in [-0.1, -0.05) is 12.0 Å². The van der Waals surface area contributed by atoms with E-state index >= 15 is 0 Å². The molecule has 0 spiro atoms. The first-order valence-electron chi connectivity index (χ1n) is 8.48. The fraction of sp³-hybridized carbons (Fsp3) is 0.286. The fourth-order valence-corrected chi connectivity index (χ4v) is 3.13. The Bertz CT molecular complexity index is 790. The maximum atomic E-state index is 12.4. The van der Waals surface area contributed by atoms with Crippen molar-refractivity contribution in [2.75, 3.05) is 23.3 Å². The van der Waals surface area contributed by atoms with Crippen molar-refractivity contribution >= 4 is 17.3 Å². The van der Waals surface area contributed by atoms with Gasteiger partial charge in [0.2, 0.25) is 0 Å². The summed E-state index contributed by atoms with van der Waals surface area (Å²) in [5.41, 5.74) is 3.09. The molecular weight excluding hydrogens is 312 g/mol. The molecule has 1 aliphatic heterocycles. The van der Waals surface area contributed by atoms with Crippen molar-refractivity contribution in [3.8, 4) is 12.3 Å². The van der Waals surface area contributed by atoms with Gasteiger partial charge in [0.1, 0.15) is 0 Å². The van der Waals surface area contributed by atoms with Crippen LogP contribution in [0.4, 0.5) is 11.4 Å². The van der Waals surface area contributed by atoms with Crippen molar-refractivity contribution in [2.45, 2.75) is 19.4 Å². The quantitative estimate of drug-likeness (QED) is 0.845. The molecule has 0 aromatic heterocycles. The van der Waals surface area contributed by atoms with Gasteiger partial charge in [-0.3, -0.25) is 4.79 Å². The van der Waals surface area contributed by atoms with Crippen LogP contribution in [0.3, 0.4) is 0 Å². The monoisotopic (exact) mass is 334 g/mol. The van der Waals surface area contributed by atoms with E-state index in [2.05, 4.69) is 16.1 Å². The van der Waals surface area contributed by atoms with Crippen LogP contribution in [0, 0.1) is 18.3 Å². The molecule has 1 aliphatic rings. The predicted octanol–water partition coefficient (Wildman–Crippen LogP) is 3.13. The number of aliphatic hydroxyl groups is 1. The van der Waals surface area contributed by atoms with Gasteiger partial charge in [-0.15, -0.1) is 6.42 Å². The van der Waals surface area contributed by atoms with Gasteiger partial charge in [0.05, 0.1) is 6.10 Å². The Hall–Kier alpha value is -2.77. The first-order valence-corrected chi connectivity index (χ1v) is 8.48. The van der Waals surface area contributed by atoms with Crippen LogP contribution in [-0.4, -0.2) is 30.2 Å². The Morgan fingerprint density at radius 3 is 2.72 bits per heavy atom. The maximum absolute atomic E-state index is 12.4. The largest absolute Gasteiger partial charge is 0.393 e. The summed E-state index contributed by atoms with van der Waals surface area (Å²) in [5.74, 6) is 2.70. The second-order valence-corrected chi connectivity index (χ2v) is 6.46. The molecule has 0 saturated carbocycles. The molecule has 25 heavy (non-hydrogen) atoms. The second-order valence-electron chi connectivity index (χ2n) is 6.46. The third kappa shape index (κ3) is 4.01. The summed E-state index contributed by atoms with van der Waals surface area (Å²) in [7, 11) is 0. The zero-order chi connectivity index (χ0) is 17.8. The van der Waals surface area contributed by atoms with Crippen molar-refractivity contribution in [3.05, 3.63) is 59.7 Å². The molecule has 2 aromatic carbocycles. The van der Waals surface area contributed by atoms with Gasteiger partial charge in [0.25, 0.3) is 5.91 Å². The smallest absolute Gasteiger partial charge is 0.255 e. The molecule has 1 amide bonds. The van der Waals surface area contributed by atoms with E-state index in [1.807, 2.05) is 49.4 Å². The topological polar surface area (TPSA) is 52.6 Å². The molecule has 4 heteroatoms. The minimum Gasteiger partial charge on any atom is -0.393 e. The van der Waals surface area contributed by atoms with Crippen molar-refractivity contribution in [1.82, 2.24) is 0 Å². The summed E-state index contributed by atoms with van der Waals surface area (Å²) < 4.78 is 0. The number of hydrogen-bond acceptors (Lipinski definition) is 3. The number of terminal acetylenes is 1. The first-order chi connectivity index (χ1) is 12.1. The molecule has 2 atom stereocenters. The summed E-state index contributed by atoms with van der Waals surface area (Å²) >= 11 is 0. The second kappa shape index (κ2) is 7.42. The lowest BCUT2D eigenvalue weighted by Crippen LogP contribution is -2.23. The molecule has 3 rings (SSSR count). The zero-order valence-electron chi connectivity index (χ0n) is 14.3. The van der Waals surface area contributed by atoms with Crippen LogP contribution in [0.25, 0.3) is 0 Å². The molecule has 0 aliphatic carbocycles. The van der Waals surface area contributed by atoms with Crippen LogP contribution in [-0.2, 0) is 0 Å². The average molecular weight is 334 g/mol. The van der Waals surface area contributed by atoms with E-state index in [0.717, 1.165) is 30.8 Å². The molecule has 2 unspecified atom stereocenters. The highest BCUT2D eigenvalue weighted by Crippen LogP contribution is 2.26. The summed E-state index contributed by atoms with van der Waals surface area (Å²) in [6.07, 6.45) is 6.09. The number of anilines is 2. The minimum atomic E-state index is -0.283. The number of rotatable bonds is 4. The fourth-order valence-electron chi connectivity index (χ4n) is 3.13. The number of carbonyl (C=O) groups excluding carboxylic acids is 1. The highest BCUT2D eigenvalue weighted by atomic mass is 16.3. The molecule has 0 radical (unpaired) electrons. The van der Waals surface area contributed by atoms with Crippen molar-refractivity contribution in [3.63, 3.8) is 0 Å². The van der Waals surface area contributed by atoms with Crippen LogP contribution >= 0.6 is 0 Å². The van der Waals surface area contributed by atoms with E-state index in [4.69, 9.17) is 6.42 Å². The normalized spacial score (nSPS) is 17.8. The van der Waals surface area contributed by atoms with Gasteiger partial charge in [0, 0.05) is 41.5 Å². The molecule has 2 N–H and O–H groups in total. The lowest BCUT2D eigenvalue weighted by Gasteiger charge is -2.20. The Morgan fingerprint density at radius 1 is 1.32 bits per heavy atom. The van der Waals surface area contributed by atoms with E-state index in [1.165, 1.54) is 0 Å². The number of carbonyl (C=O) groups is 1. The van der Waals surface area contributed by atoms with Gasteiger partial charge < -0.3 is 15.3 Å². The number of nitrogens with zero attached hydrogens (tertiary/aromatic N) is 1. The lowest BCUT2D eigenvalue weighted by atomic mass is 10.0. The molecule has 4 nitrogen and oxygen atoms in total. The number of aliphatic hydroxyl groups excluding tert-OH is 1. The number of hydrogen-bond donors (Lipinski definition) is 2. The van der Waals surface area contributed by atoms with Crippen molar-refractivity contribution < 1.29 is 9.90 Å². The molecule has 1 heterocycles. The lowest BCUT2D eigenvalue weighted by molar-refractivity contribution is 0.102. The van der Waals surface area contributed by atoms with Gasteiger partial charge in [-0.2, -0.15) is 0 Å². The molecular formula is C21H22N2O2. The molecule has 128 valence electrons. The predicted molar refractivity (Wildman–Crippen MR) is 101 cm³/mol. The van der Waals surface area contributed by atoms with E-state index in [-0.39, 0.29) is 12.0 Å². The van der Waals surface area contributed by atoms with E-state index in [1.54, 1.807) is 6.07 Å². The molecule has 1 saturated heterocycles. The third-order valence-electron chi connectivity index (χ3n) is 4.69. The van der Waals surface area contributed by atoms with Gasteiger partial charge in [-0.25, -0.2) is 0 Å². The minimum absolute atomic E-state index is 0.163. The van der Waals surface area contributed by atoms with Crippen LogP contribution in [0.2, 0.25) is 0 Å². The highest BCUT2D eigenvalue weighted by molar-refractivity contribution is 6.04. The maximum Gasteiger partial charge on any atom is 0.255 e. The summed E-state index contributed by atoms with van der Waals surface area (Å²) in [6.45, 7) is 3.62. The summed E-state index contributed by atoms with van der Waals surface area (Å²) in [5, 5.41) is 12.6. The van der Waals surface area contributed by atoms with Gasteiger partial charge in [-0.05, 0) is 55.8 Å². The van der Waals surface area contributed by atoms with Crippen LogP contribution in [0.15, 0.2) is 48.5 Å². The number of amides is 1. The Morgan fingerprint density at radius 2 is 2.08 bits per heavy atom. The SMILES string of the molecule is C#Cc1cccc(NC(=O)c2ccc(N3CCC(C(C)O)C3)cc2)c1. The highest BCUT2D eigenvalue weighted by Gasteiger charge is 2.26. The van der Waals surface area contributed by atoms with Crippen LogP contribution in [0.1, 0.15) is 29.3 Å². The van der Waals surface area contributed by atoms with Gasteiger partial charge in [0.15, 0.2) is 0 Å². The average Bonchev–Trinajstić information content (AvgIpc) is 3.12. The van der Waals surface area contributed by atoms with Crippen molar-refractivity contribution in [1.29, 1.82) is 0 Å². The molecule has 1 fully saturated rings. The van der Waals surface area contributed by atoms with Crippen LogP contribution < -0.4 is 10.2 Å². The van der Waals surface area contributed by atoms with E-state index < -0.39 is 0 Å². The molecule has 2 aromatic rings. The third-order valence-corrected chi connectivity index (χ3v) is 4.69. The summed E-state index contributed by atoms with van der Waals surface area (Å²) in [4.78, 5) is 14.6. The number of benzene rings is 2. The van der Waals surface area contributed by atoms with Crippen molar-refractivity contribution in [2.24, 2.45) is 5.92 Å². The Balaban J connectivity index is 1.66. The van der Waals surface area contributed by atoms with E-state index in [0.29, 0.717) is 17.2 Å². The number of nitrogens with one attached hydrogen (secondary N) is 1. The van der Waals surface area contributed by atoms with E-state index in [9.17, 15) is 9.90 Å². The Kier molecular flexibility index (Phi) is 5.06. The zero-order valence-corrected chi connectivity index (χ0v) is 14.3.